The first-order valence-corrected chi connectivity index (χ1v) is 11.7. The van der Waals surface area contributed by atoms with Crippen molar-refractivity contribution in [2.45, 2.75) is 44.7 Å². The van der Waals surface area contributed by atoms with E-state index in [9.17, 15) is 10.1 Å². The Morgan fingerprint density at radius 1 is 1.00 bits per heavy atom. The number of benzene rings is 3. The van der Waals surface area contributed by atoms with Crippen LogP contribution in [0, 0.1) is 11.3 Å². The summed E-state index contributed by atoms with van der Waals surface area (Å²) in [7, 11) is 0. The molecule has 0 aliphatic heterocycles. The quantitative estimate of drug-likeness (QED) is 0.301. The zero-order valence-electron chi connectivity index (χ0n) is 18.6. The van der Waals surface area contributed by atoms with Crippen LogP contribution < -0.4 is 5.32 Å². The Bertz CT molecular complexity index is 1380. The Hall–Kier alpha value is -3.84. The van der Waals surface area contributed by atoms with Gasteiger partial charge in [-0.15, -0.1) is 0 Å². The van der Waals surface area contributed by atoms with Crippen molar-refractivity contribution in [3.63, 3.8) is 0 Å². The molecule has 1 aliphatic carbocycles. The van der Waals surface area contributed by atoms with Gasteiger partial charge in [-0.25, -0.2) is 0 Å². The Morgan fingerprint density at radius 3 is 2.58 bits per heavy atom. The molecule has 1 amide bonds. The summed E-state index contributed by atoms with van der Waals surface area (Å²) < 4.78 is 2.19. The Labute approximate surface area is 194 Å². The van der Waals surface area contributed by atoms with Gasteiger partial charge in [-0.05, 0) is 47.4 Å². The van der Waals surface area contributed by atoms with Gasteiger partial charge in [0.15, 0.2) is 0 Å². The van der Waals surface area contributed by atoms with Gasteiger partial charge in [-0.2, -0.15) is 5.26 Å². The third-order valence-electron chi connectivity index (χ3n) is 6.59. The predicted octanol–water partition coefficient (Wildman–Crippen LogP) is 6.20. The number of hydrogen-bond acceptors (Lipinski definition) is 2. The highest BCUT2D eigenvalue weighted by atomic mass is 16.1. The monoisotopic (exact) mass is 433 g/mol. The average molecular weight is 434 g/mol. The zero-order valence-corrected chi connectivity index (χ0v) is 18.6. The second-order valence-corrected chi connectivity index (χ2v) is 8.89. The van der Waals surface area contributed by atoms with E-state index in [2.05, 4.69) is 64.5 Å². The molecule has 164 valence electrons. The Kier molecular flexibility index (Phi) is 5.95. The first-order chi connectivity index (χ1) is 16.2. The van der Waals surface area contributed by atoms with Crippen LogP contribution in [0.15, 0.2) is 78.5 Å². The van der Waals surface area contributed by atoms with Crippen molar-refractivity contribution >= 4 is 33.7 Å². The van der Waals surface area contributed by atoms with Crippen LogP contribution in [0.25, 0.3) is 27.8 Å². The van der Waals surface area contributed by atoms with Gasteiger partial charge >= 0.3 is 0 Å². The first kappa shape index (κ1) is 21.0. The summed E-state index contributed by atoms with van der Waals surface area (Å²) in [6.07, 6.45) is 9.27. The van der Waals surface area contributed by atoms with Crippen molar-refractivity contribution in [2.24, 2.45) is 0 Å². The van der Waals surface area contributed by atoms with E-state index in [1.807, 2.05) is 24.4 Å². The number of nitrogens with zero attached hydrogens (tertiary/aromatic N) is 2. The van der Waals surface area contributed by atoms with E-state index < -0.39 is 0 Å². The molecule has 33 heavy (non-hydrogen) atoms. The smallest absolute Gasteiger partial charge is 0.262 e. The molecule has 1 saturated carbocycles. The van der Waals surface area contributed by atoms with Crippen LogP contribution in [-0.4, -0.2) is 16.5 Å². The minimum absolute atomic E-state index is 0.161. The number of rotatable bonds is 5. The highest BCUT2D eigenvalue weighted by Crippen LogP contribution is 2.26. The molecule has 0 bridgehead atoms. The number of aromatic nitrogens is 1. The molecule has 1 aliphatic rings. The van der Waals surface area contributed by atoms with Gasteiger partial charge in [-0.3, -0.25) is 4.79 Å². The molecule has 4 heteroatoms. The third kappa shape index (κ3) is 4.54. The third-order valence-corrected chi connectivity index (χ3v) is 6.59. The lowest BCUT2D eigenvalue weighted by Gasteiger charge is -2.22. The number of carbonyl (C=O) groups excluding carboxylic acids is 1. The van der Waals surface area contributed by atoms with Crippen molar-refractivity contribution in [3.8, 4) is 6.07 Å². The molecule has 0 spiro atoms. The standard InChI is InChI=1S/C29H27N3O/c30-18-24(29(33)31-26-10-2-1-3-11-26)17-25-20-32(28-13-7-6-12-27(25)28)19-21-14-15-22-8-4-5-9-23(22)16-21/h4-9,12-17,20,26H,1-3,10-11,19H2,(H,31,33)/b24-17-. The average Bonchev–Trinajstić information content (AvgIpc) is 3.20. The van der Waals surface area contributed by atoms with Gasteiger partial charge in [0, 0.05) is 35.2 Å². The van der Waals surface area contributed by atoms with Gasteiger partial charge in [0.1, 0.15) is 11.6 Å². The lowest BCUT2D eigenvalue weighted by Crippen LogP contribution is -2.36. The van der Waals surface area contributed by atoms with Gasteiger partial charge in [0.2, 0.25) is 0 Å². The summed E-state index contributed by atoms with van der Waals surface area (Å²) in [6.45, 7) is 0.718. The van der Waals surface area contributed by atoms with E-state index in [1.165, 1.54) is 22.8 Å². The molecular formula is C29H27N3O. The molecule has 4 nitrogen and oxygen atoms in total. The second-order valence-electron chi connectivity index (χ2n) is 8.89. The van der Waals surface area contributed by atoms with Gasteiger partial charge in [0.25, 0.3) is 5.91 Å². The number of carbonyl (C=O) groups is 1. The van der Waals surface area contributed by atoms with Crippen LogP contribution in [0.1, 0.15) is 43.2 Å². The van der Waals surface area contributed by atoms with Crippen LogP contribution in [0.4, 0.5) is 0 Å². The number of fused-ring (bicyclic) bond motifs is 2. The van der Waals surface area contributed by atoms with Crippen molar-refractivity contribution in [1.82, 2.24) is 9.88 Å². The molecule has 0 radical (unpaired) electrons. The second kappa shape index (κ2) is 9.34. The van der Waals surface area contributed by atoms with Crippen molar-refractivity contribution in [1.29, 1.82) is 5.26 Å². The van der Waals surface area contributed by atoms with Crippen LogP contribution in [0.3, 0.4) is 0 Å². The van der Waals surface area contributed by atoms with Gasteiger partial charge in [0.05, 0.1) is 0 Å². The van der Waals surface area contributed by atoms with Crippen LogP contribution in [0.5, 0.6) is 0 Å². The Morgan fingerprint density at radius 2 is 1.76 bits per heavy atom. The molecule has 1 fully saturated rings. The molecule has 1 N–H and O–H groups in total. The number of nitriles is 1. The van der Waals surface area contributed by atoms with Crippen LogP contribution in [0.2, 0.25) is 0 Å². The molecule has 4 aromatic rings. The van der Waals surface area contributed by atoms with E-state index >= 15 is 0 Å². The molecule has 0 saturated heterocycles. The highest BCUT2D eigenvalue weighted by Gasteiger charge is 2.19. The Balaban J connectivity index is 1.46. The van der Waals surface area contributed by atoms with Gasteiger partial charge in [-0.1, -0.05) is 73.9 Å². The van der Waals surface area contributed by atoms with Crippen LogP contribution >= 0.6 is 0 Å². The van der Waals surface area contributed by atoms with E-state index in [1.54, 1.807) is 6.08 Å². The summed E-state index contributed by atoms with van der Waals surface area (Å²) in [5.41, 5.74) is 3.35. The summed E-state index contributed by atoms with van der Waals surface area (Å²) in [5.74, 6) is -0.268. The molecular weight excluding hydrogens is 406 g/mol. The number of para-hydroxylation sites is 1. The SMILES string of the molecule is N#C/C(=C/c1cn(Cc2ccc3ccccc3c2)c2ccccc12)C(=O)NC1CCCCC1. The highest BCUT2D eigenvalue weighted by molar-refractivity contribution is 6.04. The fourth-order valence-electron chi connectivity index (χ4n) is 4.87. The van der Waals surface area contributed by atoms with Crippen molar-refractivity contribution < 1.29 is 4.79 Å². The minimum Gasteiger partial charge on any atom is -0.349 e. The lowest BCUT2D eigenvalue weighted by molar-refractivity contribution is -0.117. The van der Waals surface area contributed by atoms with E-state index in [-0.39, 0.29) is 17.5 Å². The summed E-state index contributed by atoms with van der Waals surface area (Å²) in [5, 5.41) is 16.3. The van der Waals surface area contributed by atoms with E-state index in [0.717, 1.165) is 48.7 Å². The van der Waals surface area contributed by atoms with Crippen LogP contribution in [-0.2, 0) is 11.3 Å². The molecule has 0 unspecified atom stereocenters. The summed E-state index contributed by atoms with van der Waals surface area (Å²) in [6, 6.07) is 25.3. The normalized spacial score (nSPS) is 14.9. The fourth-order valence-corrected chi connectivity index (χ4v) is 4.87. The molecule has 1 heterocycles. The molecule has 3 aromatic carbocycles. The summed E-state index contributed by atoms with van der Waals surface area (Å²) >= 11 is 0. The number of hydrogen-bond donors (Lipinski definition) is 1. The maximum absolute atomic E-state index is 12.8. The summed E-state index contributed by atoms with van der Waals surface area (Å²) in [4.78, 5) is 12.8. The van der Waals surface area contributed by atoms with Gasteiger partial charge < -0.3 is 9.88 Å². The zero-order chi connectivity index (χ0) is 22.6. The largest absolute Gasteiger partial charge is 0.349 e. The van der Waals surface area contributed by atoms with Crippen molar-refractivity contribution in [2.75, 3.05) is 0 Å². The predicted molar refractivity (Wildman–Crippen MR) is 134 cm³/mol. The molecule has 1 aromatic heterocycles. The first-order valence-electron chi connectivity index (χ1n) is 11.7. The maximum Gasteiger partial charge on any atom is 0.262 e. The van der Waals surface area contributed by atoms with E-state index in [0.29, 0.717) is 0 Å². The van der Waals surface area contributed by atoms with E-state index in [4.69, 9.17) is 0 Å². The molecule has 0 atom stereocenters. The number of amides is 1. The van der Waals surface area contributed by atoms with Crippen molar-refractivity contribution in [3.05, 3.63) is 89.6 Å². The number of nitrogens with one attached hydrogen (secondary N) is 1. The molecule has 5 rings (SSSR count). The topological polar surface area (TPSA) is 57.8 Å². The maximum atomic E-state index is 12.8. The minimum atomic E-state index is -0.268. The lowest BCUT2D eigenvalue weighted by atomic mass is 9.95. The fraction of sp³-hybridized carbons (Fsp3) is 0.241.